The van der Waals surface area contributed by atoms with Crippen LogP contribution in [0.15, 0.2) is 85.9 Å². The molecule has 0 unspecified atom stereocenters. The third-order valence-electron chi connectivity index (χ3n) is 6.15. The van der Waals surface area contributed by atoms with Gasteiger partial charge in [-0.3, -0.25) is 14.6 Å². The molecule has 5 aromatic rings. The fraction of sp³-hybridized carbons (Fsp3) is 0.172. The molecule has 0 amide bonds. The van der Waals surface area contributed by atoms with Crippen LogP contribution in [0.25, 0.3) is 44.6 Å². The maximum absolute atomic E-state index is 4.69. The number of allylic oxidation sites excluding steroid dienone is 4. The van der Waals surface area contributed by atoms with Gasteiger partial charge in [-0.05, 0) is 63.9 Å². The van der Waals surface area contributed by atoms with Crippen molar-refractivity contribution >= 4 is 27.4 Å². The van der Waals surface area contributed by atoms with Crippen LogP contribution in [0.1, 0.15) is 18.3 Å². The standard InChI is InChI=1S/C29H31N9/c1-7-20(11-21(8-2)33-19(4)15-37(5)6)25-12-22-27(14-31-25)35-36-28(22)26-13-23-24(34-26)9-10-30-29(23)38-16-18(3)32-17-38/h7-14,16-17,33-34H,2,4,15H2,1,3,5-6H3,(H,35,36)/b20-7+,21-11+. The Balaban J connectivity index is 1.52. The van der Waals surface area contributed by atoms with Crippen molar-refractivity contribution in [3.05, 3.63) is 97.3 Å². The predicted octanol–water partition coefficient (Wildman–Crippen LogP) is 5.13. The van der Waals surface area contributed by atoms with Gasteiger partial charge in [0.25, 0.3) is 0 Å². The smallest absolute Gasteiger partial charge is 0.147 e. The second-order valence-electron chi connectivity index (χ2n) is 9.40. The maximum Gasteiger partial charge on any atom is 0.147 e. The summed E-state index contributed by atoms with van der Waals surface area (Å²) in [6.07, 6.45) is 13.2. The number of rotatable bonds is 9. The average molecular weight is 506 g/mol. The minimum Gasteiger partial charge on any atom is -0.358 e. The summed E-state index contributed by atoms with van der Waals surface area (Å²) in [5.41, 5.74) is 7.98. The molecule has 0 fully saturated rings. The van der Waals surface area contributed by atoms with Crippen LogP contribution < -0.4 is 5.32 Å². The van der Waals surface area contributed by atoms with Crippen LogP contribution in [0.5, 0.6) is 0 Å². The van der Waals surface area contributed by atoms with E-state index in [0.29, 0.717) is 0 Å². The molecule has 9 nitrogen and oxygen atoms in total. The summed E-state index contributed by atoms with van der Waals surface area (Å²) in [6.45, 7) is 12.7. The van der Waals surface area contributed by atoms with Crippen molar-refractivity contribution in [1.82, 2.24) is 44.9 Å². The highest BCUT2D eigenvalue weighted by atomic mass is 15.1. The molecule has 0 radical (unpaired) electrons. The van der Waals surface area contributed by atoms with Gasteiger partial charge in [0, 0.05) is 41.1 Å². The number of H-pyrrole nitrogens is 2. The molecule has 0 aromatic carbocycles. The molecule has 0 atom stereocenters. The number of imidazole rings is 1. The lowest BCUT2D eigenvalue weighted by atomic mass is 10.1. The van der Waals surface area contributed by atoms with Gasteiger partial charge in [-0.2, -0.15) is 5.10 Å². The zero-order valence-corrected chi connectivity index (χ0v) is 22.1. The fourth-order valence-electron chi connectivity index (χ4n) is 4.43. The first-order valence-electron chi connectivity index (χ1n) is 12.3. The van der Waals surface area contributed by atoms with E-state index in [1.54, 1.807) is 18.6 Å². The average Bonchev–Trinajstić information content (AvgIpc) is 3.63. The van der Waals surface area contributed by atoms with Crippen molar-refractivity contribution in [2.24, 2.45) is 0 Å². The molecule has 0 bridgehead atoms. The molecule has 5 rings (SSSR count). The Bertz CT molecular complexity index is 1710. The topological polar surface area (TPSA) is 103 Å². The summed E-state index contributed by atoms with van der Waals surface area (Å²) < 4.78 is 1.93. The highest BCUT2D eigenvalue weighted by molar-refractivity contribution is 5.98. The highest BCUT2D eigenvalue weighted by Gasteiger charge is 2.16. The molecule has 5 heterocycles. The first-order valence-corrected chi connectivity index (χ1v) is 12.3. The number of aryl methyl sites for hydroxylation is 1. The molecular formula is C29H31N9. The Morgan fingerprint density at radius 2 is 2.00 bits per heavy atom. The van der Waals surface area contributed by atoms with Gasteiger partial charge < -0.3 is 15.2 Å². The second-order valence-corrected chi connectivity index (χ2v) is 9.40. The maximum atomic E-state index is 4.69. The number of pyridine rings is 2. The molecule has 0 aliphatic rings. The van der Waals surface area contributed by atoms with Crippen molar-refractivity contribution in [3.8, 4) is 17.2 Å². The zero-order valence-electron chi connectivity index (χ0n) is 22.1. The second kappa shape index (κ2) is 10.3. The van der Waals surface area contributed by atoms with E-state index in [0.717, 1.165) is 73.9 Å². The highest BCUT2D eigenvalue weighted by Crippen LogP contribution is 2.31. The van der Waals surface area contributed by atoms with Gasteiger partial charge in [-0.15, -0.1) is 0 Å². The third-order valence-corrected chi connectivity index (χ3v) is 6.15. The van der Waals surface area contributed by atoms with Gasteiger partial charge in [0.2, 0.25) is 0 Å². The van der Waals surface area contributed by atoms with E-state index in [1.807, 2.05) is 63.1 Å². The molecule has 9 heteroatoms. The Hall–Kier alpha value is -4.76. The predicted molar refractivity (Wildman–Crippen MR) is 154 cm³/mol. The summed E-state index contributed by atoms with van der Waals surface area (Å²) >= 11 is 0. The number of likely N-dealkylation sites (N-methyl/N-ethyl adjacent to an activating group) is 1. The van der Waals surface area contributed by atoms with Gasteiger partial charge in [0.1, 0.15) is 17.8 Å². The lowest BCUT2D eigenvalue weighted by molar-refractivity contribution is 0.438. The molecule has 0 saturated carbocycles. The summed E-state index contributed by atoms with van der Waals surface area (Å²) in [7, 11) is 4.01. The summed E-state index contributed by atoms with van der Waals surface area (Å²) in [4.78, 5) is 19.2. The SMILES string of the molecule is C=C/C(=C\C(=C/C)c1cc2c(-c3cc4c(-n5cnc(C)c5)nccc4[nH]3)n[nH]c2cn1)NC(=C)CN(C)C. The van der Waals surface area contributed by atoms with Crippen molar-refractivity contribution in [2.45, 2.75) is 13.8 Å². The first kappa shape index (κ1) is 24.9. The molecule has 5 aromatic heterocycles. The van der Waals surface area contributed by atoms with Crippen molar-refractivity contribution in [1.29, 1.82) is 0 Å². The van der Waals surface area contributed by atoms with Gasteiger partial charge >= 0.3 is 0 Å². The monoisotopic (exact) mass is 505 g/mol. The van der Waals surface area contributed by atoms with Crippen LogP contribution in [0.3, 0.4) is 0 Å². The Morgan fingerprint density at radius 3 is 2.71 bits per heavy atom. The van der Waals surface area contributed by atoms with E-state index >= 15 is 0 Å². The molecule has 0 aliphatic carbocycles. The minimum atomic E-state index is 0.723. The fourth-order valence-corrected chi connectivity index (χ4v) is 4.43. The number of aromatic nitrogens is 7. The van der Waals surface area contributed by atoms with Crippen LogP contribution in [0.2, 0.25) is 0 Å². The number of aromatic amines is 2. The van der Waals surface area contributed by atoms with Crippen LogP contribution in [-0.2, 0) is 0 Å². The molecule has 0 spiro atoms. The van der Waals surface area contributed by atoms with Crippen molar-refractivity contribution in [3.63, 3.8) is 0 Å². The molecule has 3 N–H and O–H groups in total. The summed E-state index contributed by atoms with van der Waals surface area (Å²) in [5.74, 6) is 0.814. The van der Waals surface area contributed by atoms with Gasteiger partial charge in [0.15, 0.2) is 0 Å². The Morgan fingerprint density at radius 1 is 1.16 bits per heavy atom. The molecule has 0 aliphatic heterocycles. The number of nitrogens with zero attached hydrogens (tertiary/aromatic N) is 6. The largest absolute Gasteiger partial charge is 0.358 e. The molecule has 38 heavy (non-hydrogen) atoms. The molecule has 192 valence electrons. The normalized spacial score (nSPS) is 12.6. The first-order chi connectivity index (χ1) is 18.4. The number of hydrogen-bond acceptors (Lipinski definition) is 6. The minimum absolute atomic E-state index is 0.723. The third kappa shape index (κ3) is 4.91. The van der Waals surface area contributed by atoms with Crippen LogP contribution in [0.4, 0.5) is 0 Å². The van der Waals surface area contributed by atoms with E-state index in [1.165, 1.54) is 0 Å². The van der Waals surface area contributed by atoms with Gasteiger partial charge in [0.05, 0.1) is 34.3 Å². The van der Waals surface area contributed by atoms with E-state index in [2.05, 4.69) is 60.7 Å². The number of fused-ring (bicyclic) bond motifs is 2. The summed E-state index contributed by atoms with van der Waals surface area (Å²) in [6, 6.07) is 6.10. The van der Waals surface area contributed by atoms with Gasteiger partial charge in [-0.25, -0.2) is 9.97 Å². The molecular weight excluding hydrogens is 474 g/mol. The van der Waals surface area contributed by atoms with Crippen molar-refractivity contribution in [2.75, 3.05) is 20.6 Å². The quantitative estimate of drug-likeness (QED) is 0.240. The van der Waals surface area contributed by atoms with E-state index in [9.17, 15) is 0 Å². The Kier molecular flexibility index (Phi) is 6.76. The lowest BCUT2D eigenvalue weighted by Crippen LogP contribution is -2.23. The van der Waals surface area contributed by atoms with E-state index in [4.69, 9.17) is 4.98 Å². The Labute approximate surface area is 221 Å². The van der Waals surface area contributed by atoms with E-state index in [-0.39, 0.29) is 0 Å². The van der Waals surface area contributed by atoms with E-state index < -0.39 is 0 Å². The van der Waals surface area contributed by atoms with Crippen LogP contribution >= 0.6 is 0 Å². The number of hydrogen-bond donors (Lipinski definition) is 3. The summed E-state index contributed by atoms with van der Waals surface area (Å²) in [5, 5.41) is 13.0. The van der Waals surface area contributed by atoms with Crippen LogP contribution in [-0.4, -0.2) is 60.2 Å². The number of nitrogens with one attached hydrogen (secondary N) is 3. The van der Waals surface area contributed by atoms with Crippen molar-refractivity contribution < 1.29 is 0 Å². The lowest BCUT2D eigenvalue weighted by Gasteiger charge is -2.15. The molecule has 0 saturated heterocycles. The van der Waals surface area contributed by atoms with Gasteiger partial charge in [-0.1, -0.05) is 19.2 Å². The zero-order chi connectivity index (χ0) is 26.8. The van der Waals surface area contributed by atoms with Crippen LogP contribution in [0, 0.1) is 6.92 Å².